The third-order valence-corrected chi connectivity index (χ3v) is 6.46. The first-order valence-corrected chi connectivity index (χ1v) is 10.9. The zero-order valence-corrected chi connectivity index (χ0v) is 16.6. The van der Waals surface area contributed by atoms with Gasteiger partial charge in [0, 0.05) is 37.8 Å². The minimum absolute atomic E-state index is 0.163. The minimum atomic E-state index is -3.31. The van der Waals surface area contributed by atoms with E-state index in [1.165, 1.54) is 17.6 Å². The molecule has 6 nitrogen and oxygen atoms in total. The number of carbonyl (C=O) groups is 1. The van der Waals surface area contributed by atoms with Crippen LogP contribution >= 0.6 is 11.3 Å². The van der Waals surface area contributed by atoms with E-state index in [0.717, 1.165) is 9.83 Å². The fourth-order valence-electron chi connectivity index (χ4n) is 2.92. The number of fused-ring (bicyclic) bond motifs is 1. The van der Waals surface area contributed by atoms with Gasteiger partial charge in [0.1, 0.15) is 5.52 Å². The largest absolute Gasteiger partial charge is 0.345 e. The van der Waals surface area contributed by atoms with Gasteiger partial charge in [0.2, 0.25) is 5.91 Å². The lowest BCUT2D eigenvalue weighted by Crippen LogP contribution is -2.51. The molecular weight excluding hydrogens is 358 g/mol. The Bertz CT molecular complexity index is 905. The summed E-state index contributed by atoms with van der Waals surface area (Å²) in [4.78, 5) is 21.3. The molecule has 2 aromatic rings. The molecule has 0 spiro atoms. The maximum Gasteiger partial charge on any atom is 0.228 e. The van der Waals surface area contributed by atoms with E-state index in [-0.39, 0.29) is 16.2 Å². The third kappa shape index (κ3) is 3.64. The van der Waals surface area contributed by atoms with Crippen LogP contribution in [-0.2, 0) is 14.6 Å². The van der Waals surface area contributed by atoms with Crippen molar-refractivity contribution in [3.63, 3.8) is 0 Å². The normalized spacial score (nSPS) is 16.5. The molecule has 1 aromatic heterocycles. The van der Waals surface area contributed by atoms with Gasteiger partial charge in [-0.1, -0.05) is 38.2 Å². The number of aromatic nitrogens is 1. The molecule has 1 fully saturated rings. The molecule has 0 radical (unpaired) electrons. The number of para-hydroxylation sites is 1. The molecule has 1 amide bonds. The van der Waals surface area contributed by atoms with Gasteiger partial charge >= 0.3 is 0 Å². The molecule has 8 heteroatoms. The molecule has 0 atom stereocenters. The molecule has 0 aliphatic carbocycles. The Hall–Kier alpha value is -1.67. The lowest BCUT2D eigenvalue weighted by molar-refractivity contribution is -0.139. The van der Waals surface area contributed by atoms with Crippen LogP contribution in [0.5, 0.6) is 0 Å². The van der Waals surface area contributed by atoms with Gasteiger partial charge in [-0.2, -0.15) is 0 Å². The Morgan fingerprint density at radius 2 is 1.80 bits per heavy atom. The van der Waals surface area contributed by atoms with Gasteiger partial charge in [-0.3, -0.25) is 4.79 Å². The molecule has 136 valence electrons. The fourth-order valence-corrected chi connectivity index (χ4v) is 4.86. The molecular formula is C17H23N3O3S2. The summed E-state index contributed by atoms with van der Waals surface area (Å²) in [5, 5.41) is 0.814. The molecule has 0 N–H and O–H groups in total. The number of nitrogens with zero attached hydrogens (tertiary/aromatic N) is 3. The number of benzene rings is 1. The second-order valence-corrected chi connectivity index (χ2v) is 10.4. The quantitative estimate of drug-likeness (QED) is 0.799. The number of carbonyl (C=O) groups excluding carboxylic acids is 1. The molecule has 1 saturated heterocycles. The highest BCUT2D eigenvalue weighted by Gasteiger charge is 2.30. The highest BCUT2D eigenvalue weighted by molar-refractivity contribution is 7.91. The van der Waals surface area contributed by atoms with E-state index in [9.17, 15) is 13.2 Å². The van der Waals surface area contributed by atoms with Crippen LogP contribution in [0, 0.1) is 5.41 Å². The topological polar surface area (TPSA) is 70.6 Å². The Labute approximate surface area is 152 Å². The van der Waals surface area contributed by atoms with Crippen molar-refractivity contribution in [2.45, 2.75) is 25.7 Å². The summed E-state index contributed by atoms with van der Waals surface area (Å²) in [5.74, 6) is 0.163. The lowest BCUT2D eigenvalue weighted by Gasteiger charge is -2.37. The van der Waals surface area contributed by atoms with E-state index in [0.29, 0.717) is 31.7 Å². The van der Waals surface area contributed by atoms with E-state index in [1.54, 1.807) is 12.1 Å². The molecule has 25 heavy (non-hydrogen) atoms. The van der Waals surface area contributed by atoms with Crippen molar-refractivity contribution >= 4 is 42.4 Å². The molecule has 0 unspecified atom stereocenters. The van der Waals surface area contributed by atoms with E-state index >= 15 is 0 Å². The van der Waals surface area contributed by atoms with Crippen molar-refractivity contribution in [2.24, 2.45) is 5.41 Å². The maximum atomic E-state index is 12.4. The number of sulfone groups is 1. The summed E-state index contributed by atoms with van der Waals surface area (Å²) in [7, 11) is -3.31. The molecule has 1 aromatic carbocycles. The molecule has 1 aliphatic heterocycles. The maximum absolute atomic E-state index is 12.4. The predicted molar refractivity (Wildman–Crippen MR) is 101 cm³/mol. The van der Waals surface area contributed by atoms with Crippen molar-refractivity contribution in [3.8, 4) is 0 Å². The van der Waals surface area contributed by atoms with Crippen LogP contribution in [0.2, 0.25) is 0 Å². The first-order valence-electron chi connectivity index (χ1n) is 8.21. The Morgan fingerprint density at radius 3 is 2.36 bits per heavy atom. The first kappa shape index (κ1) is 18.1. The van der Waals surface area contributed by atoms with Crippen LogP contribution in [0.25, 0.3) is 10.2 Å². The number of amides is 1. The van der Waals surface area contributed by atoms with Crippen molar-refractivity contribution in [3.05, 3.63) is 18.2 Å². The van der Waals surface area contributed by atoms with Gasteiger partial charge in [0.25, 0.3) is 0 Å². The number of piperazine rings is 1. The van der Waals surface area contributed by atoms with Gasteiger partial charge in [0.15, 0.2) is 15.0 Å². The second-order valence-electron chi connectivity index (χ2n) is 7.40. The monoisotopic (exact) mass is 381 g/mol. The summed E-state index contributed by atoms with van der Waals surface area (Å²) >= 11 is 1.50. The minimum Gasteiger partial charge on any atom is -0.345 e. The van der Waals surface area contributed by atoms with E-state index in [4.69, 9.17) is 0 Å². The molecule has 1 aliphatic rings. The molecule has 3 rings (SSSR count). The van der Waals surface area contributed by atoms with Crippen LogP contribution < -0.4 is 4.90 Å². The fraction of sp³-hybridized carbons (Fsp3) is 0.529. The van der Waals surface area contributed by atoms with Gasteiger partial charge < -0.3 is 9.80 Å². The summed E-state index contributed by atoms with van der Waals surface area (Å²) in [6.45, 7) is 8.52. The SMILES string of the molecule is CC(C)(C)C(=O)N1CCN(c2nc3c(S(C)(=O)=O)cccc3s2)CC1. The number of thiazole rings is 1. The zero-order chi connectivity index (χ0) is 18.4. The first-order chi connectivity index (χ1) is 11.6. The third-order valence-electron chi connectivity index (χ3n) is 4.25. The van der Waals surface area contributed by atoms with Crippen molar-refractivity contribution in [1.82, 2.24) is 9.88 Å². The smallest absolute Gasteiger partial charge is 0.228 e. The van der Waals surface area contributed by atoms with Crippen LogP contribution in [0.3, 0.4) is 0 Å². The summed E-state index contributed by atoms with van der Waals surface area (Å²) in [5.41, 5.74) is 0.167. The van der Waals surface area contributed by atoms with Crippen LogP contribution in [0.1, 0.15) is 20.8 Å². The Kier molecular flexibility index (Phi) is 4.53. The van der Waals surface area contributed by atoms with Crippen molar-refractivity contribution in [2.75, 3.05) is 37.3 Å². The standard InChI is InChI=1S/C17H23N3O3S2/c1-17(2,3)15(21)19-8-10-20(11-9-19)16-18-14-12(24-16)6-5-7-13(14)25(4,22)23/h5-7H,8-11H2,1-4H3. The van der Waals surface area contributed by atoms with Crippen molar-refractivity contribution < 1.29 is 13.2 Å². The van der Waals surface area contributed by atoms with Gasteiger partial charge in [-0.15, -0.1) is 0 Å². The number of anilines is 1. The van der Waals surface area contributed by atoms with Crippen LogP contribution in [0.4, 0.5) is 5.13 Å². The number of rotatable bonds is 2. The van der Waals surface area contributed by atoms with Crippen LogP contribution in [0.15, 0.2) is 23.1 Å². The Morgan fingerprint density at radius 1 is 1.16 bits per heavy atom. The lowest BCUT2D eigenvalue weighted by atomic mass is 9.94. The highest BCUT2D eigenvalue weighted by Crippen LogP contribution is 2.33. The summed E-state index contributed by atoms with van der Waals surface area (Å²) in [6, 6.07) is 5.24. The average molecular weight is 382 g/mol. The van der Waals surface area contributed by atoms with Gasteiger partial charge in [0.05, 0.1) is 9.60 Å². The van der Waals surface area contributed by atoms with E-state index in [1.807, 2.05) is 31.7 Å². The average Bonchev–Trinajstić information content (AvgIpc) is 2.96. The van der Waals surface area contributed by atoms with Crippen LogP contribution in [-0.4, -0.2) is 56.6 Å². The Balaban J connectivity index is 1.82. The zero-order valence-electron chi connectivity index (χ0n) is 14.9. The van der Waals surface area contributed by atoms with Crippen molar-refractivity contribution in [1.29, 1.82) is 0 Å². The molecule has 0 saturated carbocycles. The molecule has 2 heterocycles. The summed E-state index contributed by atoms with van der Waals surface area (Å²) < 4.78 is 24.8. The van der Waals surface area contributed by atoms with E-state index in [2.05, 4.69) is 9.88 Å². The molecule has 0 bridgehead atoms. The van der Waals surface area contributed by atoms with E-state index < -0.39 is 9.84 Å². The van der Waals surface area contributed by atoms with Gasteiger partial charge in [-0.25, -0.2) is 13.4 Å². The number of hydrogen-bond acceptors (Lipinski definition) is 6. The highest BCUT2D eigenvalue weighted by atomic mass is 32.2. The van der Waals surface area contributed by atoms with Gasteiger partial charge in [-0.05, 0) is 12.1 Å². The second kappa shape index (κ2) is 6.25. The predicted octanol–water partition coefficient (Wildman–Crippen LogP) is 2.39. The number of hydrogen-bond donors (Lipinski definition) is 0. The summed E-state index contributed by atoms with van der Waals surface area (Å²) in [6.07, 6.45) is 1.21.